The van der Waals surface area contributed by atoms with E-state index in [9.17, 15) is 9.59 Å². The smallest absolute Gasteiger partial charge is 0.316 e. The van der Waals surface area contributed by atoms with Crippen LogP contribution < -0.4 is 5.32 Å². The van der Waals surface area contributed by atoms with Crippen molar-refractivity contribution in [1.29, 1.82) is 0 Å². The fraction of sp³-hybridized carbons (Fsp3) is 0.667. The number of rotatable bonds is 5. The first-order chi connectivity index (χ1) is 9.69. The Balaban J connectivity index is 1.82. The standard InChI is InChI=1S/C12H17N3O3S2/c1-18-9(16)7-19-12-15-14-11(20-12)13-10(17)8-5-3-2-4-6-8/h8H,2-7H2,1H3,(H,13,14,17). The second-order valence-electron chi connectivity index (χ2n) is 4.56. The van der Waals surface area contributed by atoms with Crippen molar-refractivity contribution >= 4 is 40.1 Å². The van der Waals surface area contributed by atoms with Gasteiger partial charge in [0.1, 0.15) is 0 Å². The van der Waals surface area contributed by atoms with Crippen molar-refractivity contribution in [2.24, 2.45) is 5.92 Å². The zero-order valence-corrected chi connectivity index (χ0v) is 12.9. The number of hydrogen-bond donors (Lipinski definition) is 1. The van der Waals surface area contributed by atoms with E-state index in [-0.39, 0.29) is 23.5 Å². The lowest BCUT2D eigenvalue weighted by atomic mass is 9.89. The third-order valence-electron chi connectivity index (χ3n) is 3.15. The SMILES string of the molecule is COC(=O)CSc1nnc(NC(=O)C2CCCCC2)s1. The minimum absolute atomic E-state index is 0.0327. The van der Waals surface area contributed by atoms with Gasteiger partial charge in [-0.2, -0.15) is 0 Å². The van der Waals surface area contributed by atoms with Gasteiger partial charge in [-0.1, -0.05) is 42.4 Å². The number of nitrogens with one attached hydrogen (secondary N) is 1. The summed E-state index contributed by atoms with van der Waals surface area (Å²) in [4.78, 5) is 23.1. The highest BCUT2D eigenvalue weighted by Gasteiger charge is 2.22. The average molecular weight is 315 g/mol. The van der Waals surface area contributed by atoms with Crippen molar-refractivity contribution in [3.63, 3.8) is 0 Å². The molecule has 1 heterocycles. The van der Waals surface area contributed by atoms with Gasteiger partial charge in [0.25, 0.3) is 0 Å². The Morgan fingerprint density at radius 3 is 2.80 bits per heavy atom. The fourth-order valence-electron chi connectivity index (χ4n) is 2.07. The maximum Gasteiger partial charge on any atom is 0.316 e. The molecule has 1 amide bonds. The molecule has 0 aliphatic heterocycles. The van der Waals surface area contributed by atoms with Gasteiger partial charge in [0, 0.05) is 5.92 Å². The summed E-state index contributed by atoms with van der Waals surface area (Å²) in [5.74, 6) is 0.0176. The third-order valence-corrected chi connectivity index (χ3v) is 5.10. The van der Waals surface area contributed by atoms with Crippen LogP contribution >= 0.6 is 23.1 Å². The molecule has 0 unspecified atom stereocenters. The first-order valence-corrected chi connectivity index (χ1v) is 8.33. The van der Waals surface area contributed by atoms with E-state index in [1.54, 1.807) is 0 Å². The number of methoxy groups -OCH3 is 1. The number of hydrogen-bond acceptors (Lipinski definition) is 7. The van der Waals surface area contributed by atoms with E-state index in [4.69, 9.17) is 0 Å². The van der Waals surface area contributed by atoms with Crippen molar-refractivity contribution in [3.8, 4) is 0 Å². The molecule has 8 heteroatoms. The van der Waals surface area contributed by atoms with Crippen LogP contribution in [0.5, 0.6) is 0 Å². The number of nitrogens with zero attached hydrogens (tertiary/aromatic N) is 2. The maximum atomic E-state index is 12.0. The second kappa shape index (κ2) is 7.58. The van der Waals surface area contributed by atoms with Crippen molar-refractivity contribution in [2.75, 3.05) is 18.2 Å². The zero-order chi connectivity index (χ0) is 14.4. The van der Waals surface area contributed by atoms with E-state index in [0.717, 1.165) is 25.7 Å². The molecule has 0 atom stereocenters. The van der Waals surface area contributed by atoms with Crippen LogP contribution in [0.3, 0.4) is 0 Å². The largest absolute Gasteiger partial charge is 0.468 e. The fourth-order valence-corrected chi connectivity index (χ4v) is 3.66. The summed E-state index contributed by atoms with van der Waals surface area (Å²) in [6.45, 7) is 0. The summed E-state index contributed by atoms with van der Waals surface area (Å²) in [5.41, 5.74) is 0. The van der Waals surface area contributed by atoms with E-state index in [1.807, 2.05) is 0 Å². The zero-order valence-electron chi connectivity index (χ0n) is 11.3. The third kappa shape index (κ3) is 4.45. The summed E-state index contributed by atoms with van der Waals surface area (Å²) < 4.78 is 5.20. The molecule has 1 aromatic rings. The number of anilines is 1. The van der Waals surface area contributed by atoms with Crippen molar-refractivity contribution < 1.29 is 14.3 Å². The topological polar surface area (TPSA) is 81.2 Å². The van der Waals surface area contributed by atoms with Crippen LogP contribution in [0.1, 0.15) is 32.1 Å². The van der Waals surface area contributed by atoms with Crippen molar-refractivity contribution in [2.45, 2.75) is 36.4 Å². The summed E-state index contributed by atoms with van der Waals surface area (Å²) in [6.07, 6.45) is 5.36. The molecule has 1 saturated carbocycles. The maximum absolute atomic E-state index is 12.0. The van der Waals surface area contributed by atoms with Gasteiger partial charge in [-0.05, 0) is 12.8 Å². The van der Waals surface area contributed by atoms with Crippen LogP contribution in [-0.4, -0.2) is 34.9 Å². The highest BCUT2D eigenvalue weighted by atomic mass is 32.2. The lowest BCUT2D eigenvalue weighted by Crippen LogP contribution is -2.24. The van der Waals surface area contributed by atoms with Gasteiger partial charge in [-0.3, -0.25) is 9.59 Å². The molecule has 6 nitrogen and oxygen atoms in total. The summed E-state index contributed by atoms with van der Waals surface area (Å²) >= 11 is 2.53. The molecule has 1 aliphatic rings. The minimum Gasteiger partial charge on any atom is -0.468 e. The number of carbonyl (C=O) groups is 2. The molecule has 1 aliphatic carbocycles. The van der Waals surface area contributed by atoms with Gasteiger partial charge < -0.3 is 10.1 Å². The Morgan fingerprint density at radius 2 is 2.10 bits per heavy atom. The Kier molecular flexibility index (Phi) is 5.78. The molecule has 110 valence electrons. The highest BCUT2D eigenvalue weighted by Crippen LogP contribution is 2.28. The summed E-state index contributed by atoms with van der Waals surface area (Å²) in [5, 5.41) is 11.2. The normalized spacial score (nSPS) is 15.8. The van der Waals surface area contributed by atoms with Gasteiger partial charge in [0.05, 0.1) is 12.9 Å². The van der Waals surface area contributed by atoms with Gasteiger partial charge in [-0.25, -0.2) is 0 Å². The highest BCUT2D eigenvalue weighted by molar-refractivity contribution is 8.01. The predicted octanol–water partition coefficient (Wildman–Crippen LogP) is 2.32. The molecular weight excluding hydrogens is 298 g/mol. The Labute approximate surface area is 125 Å². The van der Waals surface area contributed by atoms with Gasteiger partial charge >= 0.3 is 5.97 Å². The molecule has 20 heavy (non-hydrogen) atoms. The monoisotopic (exact) mass is 315 g/mol. The van der Waals surface area contributed by atoms with E-state index in [0.29, 0.717) is 9.47 Å². The molecule has 1 N–H and O–H groups in total. The molecule has 1 aromatic heterocycles. The number of aromatic nitrogens is 2. The average Bonchev–Trinajstić information content (AvgIpc) is 2.93. The number of carbonyl (C=O) groups excluding carboxylic acids is 2. The van der Waals surface area contributed by atoms with E-state index in [2.05, 4.69) is 20.3 Å². The Hall–Kier alpha value is -1.15. The number of thioether (sulfide) groups is 1. The quantitative estimate of drug-likeness (QED) is 0.510. The molecule has 1 fully saturated rings. The molecular formula is C12H17N3O3S2. The summed E-state index contributed by atoms with van der Waals surface area (Å²) in [7, 11) is 1.35. The van der Waals surface area contributed by atoms with Gasteiger partial charge in [-0.15, -0.1) is 10.2 Å². The first kappa shape index (κ1) is 15.2. The van der Waals surface area contributed by atoms with Crippen molar-refractivity contribution in [3.05, 3.63) is 0 Å². The number of ether oxygens (including phenoxy) is 1. The minimum atomic E-state index is -0.307. The Morgan fingerprint density at radius 1 is 1.35 bits per heavy atom. The lowest BCUT2D eigenvalue weighted by molar-refractivity contribution is -0.137. The lowest BCUT2D eigenvalue weighted by Gasteiger charge is -2.19. The van der Waals surface area contributed by atoms with Crippen LogP contribution in [0.2, 0.25) is 0 Å². The molecule has 0 saturated heterocycles. The van der Waals surface area contributed by atoms with Gasteiger partial charge in [0.2, 0.25) is 11.0 Å². The number of esters is 1. The van der Waals surface area contributed by atoms with Crippen molar-refractivity contribution in [1.82, 2.24) is 10.2 Å². The first-order valence-electron chi connectivity index (χ1n) is 6.53. The van der Waals surface area contributed by atoms with E-state index in [1.165, 1.54) is 36.6 Å². The molecule has 0 radical (unpaired) electrons. The molecule has 0 aromatic carbocycles. The summed E-state index contributed by atoms with van der Waals surface area (Å²) in [6, 6.07) is 0. The van der Waals surface area contributed by atoms with Crippen LogP contribution in [-0.2, 0) is 14.3 Å². The molecule has 2 rings (SSSR count). The van der Waals surface area contributed by atoms with Gasteiger partial charge in [0.15, 0.2) is 4.34 Å². The Bertz CT molecular complexity index is 472. The van der Waals surface area contributed by atoms with Crippen LogP contribution in [0.15, 0.2) is 4.34 Å². The second-order valence-corrected chi connectivity index (χ2v) is 6.76. The van der Waals surface area contributed by atoms with E-state index >= 15 is 0 Å². The predicted molar refractivity (Wildman–Crippen MR) is 77.9 cm³/mol. The van der Waals surface area contributed by atoms with Crippen LogP contribution in [0.25, 0.3) is 0 Å². The van der Waals surface area contributed by atoms with E-state index < -0.39 is 0 Å². The molecule has 0 spiro atoms. The van der Waals surface area contributed by atoms with Crippen LogP contribution in [0, 0.1) is 5.92 Å². The number of amides is 1. The molecule has 0 bridgehead atoms. The van der Waals surface area contributed by atoms with Crippen LogP contribution in [0.4, 0.5) is 5.13 Å².